The fourth-order valence-electron chi connectivity index (χ4n) is 2.46. The molecule has 1 fully saturated rings. The van der Waals surface area contributed by atoms with Gasteiger partial charge in [0.25, 0.3) is 5.91 Å². The molecular weight excluding hydrogens is 322 g/mol. The normalized spacial score (nSPS) is 15.0. The highest BCUT2D eigenvalue weighted by molar-refractivity contribution is 7.98. The predicted molar refractivity (Wildman–Crippen MR) is 97.2 cm³/mol. The van der Waals surface area contributed by atoms with Crippen molar-refractivity contribution in [2.45, 2.75) is 31.3 Å². The first-order chi connectivity index (χ1) is 11.7. The summed E-state index contributed by atoms with van der Waals surface area (Å²) in [5, 5.41) is 6.79. The van der Waals surface area contributed by atoms with Gasteiger partial charge in [-0.15, -0.1) is 0 Å². The van der Waals surface area contributed by atoms with Crippen molar-refractivity contribution in [3.05, 3.63) is 42.1 Å². The Morgan fingerprint density at radius 3 is 2.79 bits per heavy atom. The number of nitrogens with one attached hydrogen (secondary N) is 2. The van der Waals surface area contributed by atoms with E-state index in [0.717, 1.165) is 29.5 Å². The molecule has 2 aromatic rings. The Balaban J connectivity index is 1.71. The lowest BCUT2D eigenvalue weighted by atomic mass is 10.1. The summed E-state index contributed by atoms with van der Waals surface area (Å²) in [5.41, 5.74) is 1.11. The number of benzene rings is 1. The van der Waals surface area contributed by atoms with E-state index in [4.69, 9.17) is 0 Å². The number of hydrogen-bond acceptors (Lipinski definition) is 4. The molecular formula is C18H21N3O2S. The molecule has 1 unspecified atom stereocenters. The Hall–Kier alpha value is -2.08. The number of pyridine rings is 1. The average molecular weight is 343 g/mol. The minimum atomic E-state index is -0.515. The van der Waals surface area contributed by atoms with Crippen LogP contribution in [0.4, 0.5) is 0 Å². The molecule has 1 saturated carbocycles. The van der Waals surface area contributed by atoms with E-state index < -0.39 is 6.04 Å². The van der Waals surface area contributed by atoms with Crippen molar-refractivity contribution >= 4 is 34.5 Å². The number of aromatic nitrogens is 1. The molecule has 0 aliphatic heterocycles. The molecule has 0 spiro atoms. The largest absolute Gasteiger partial charge is 0.352 e. The lowest BCUT2D eigenvalue weighted by Gasteiger charge is -2.18. The van der Waals surface area contributed by atoms with E-state index in [1.54, 1.807) is 17.8 Å². The van der Waals surface area contributed by atoms with Crippen LogP contribution in [-0.4, -0.2) is 40.9 Å². The number of carbonyl (C=O) groups excluding carboxylic acids is 2. The van der Waals surface area contributed by atoms with Crippen molar-refractivity contribution in [3.8, 4) is 0 Å². The van der Waals surface area contributed by atoms with Gasteiger partial charge in [0.15, 0.2) is 0 Å². The number of thioether (sulfide) groups is 1. The number of hydrogen-bond donors (Lipinski definition) is 2. The number of nitrogens with zero attached hydrogens (tertiary/aromatic N) is 1. The molecule has 0 bridgehead atoms. The summed E-state index contributed by atoms with van der Waals surface area (Å²) >= 11 is 1.66. The minimum Gasteiger partial charge on any atom is -0.352 e. The molecule has 0 radical (unpaired) electrons. The highest BCUT2D eigenvalue weighted by Gasteiger charge is 2.28. The third kappa shape index (κ3) is 4.26. The second-order valence-corrected chi connectivity index (χ2v) is 6.97. The van der Waals surface area contributed by atoms with Crippen LogP contribution >= 0.6 is 11.8 Å². The van der Waals surface area contributed by atoms with Gasteiger partial charge < -0.3 is 10.6 Å². The second-order valence-electron chi connectivity index (χ2n) is 5.98. The predicted octanol–water partition coefficient (Wildman–Crippen LogP) is 2.36. The molecule has 1 atom stereocenters. The van der Waals surface area contributed by atoms with Gasteiger partial charge in [-0.2, -0.15) is 11.8 Å². The summed E-state index contributed by atoms with van der Waals surface area (Å²) in [6.07, 6.45) is 4.66. The van der Waals surface area contributed by atoms with E-state index >= 15 is 0 Å². The first kappa shape index (κ1) is 16.8. The molecule has 5 nitrogen and oxygen atoms in total. The van der Waals surface area contributed by atoms with Gasteiger partial charge in [-0.05, 0) is 43.4 Å². The highest BCUT2D eigenvalue weighted by atomic mass is 32.2. The maximum absolute atomic E-state index is 12.5. The maximum Gasteiger partial charge on any atom is 0.270 e. The van der Waals surface area contributed by atoms with Gasteiger partial charge in [0.1, 0.15) is 11.7 Å². The van der Waals surface area contributed by atoms with Crippen LogP contribution in [0.2, 0.25) is 0 Å². The highest BCUT2D eigenvalue weighted by Crippen LogP contribution is 2.19. The second kappa shape index (κ2) is 7.66. The van der Waals surface area contributed by atoms with Crippen LogP contribution in [0.15, 0.2) is 36.4 Å². The van der Waals surface area contributed by atoms with Crippen molar-refractivity contribution < 1.29 is 9.59 Å². The van der Waals surface area contributed by atoms with Crippen LogP contribution in [0.3, 0.4) is 0 Å². The van der Waals surface area contributed by atoms with E-state index in [1.807, 2.05) is 36.6 Å². The van der Waals surface area contributed by atoms with Crippen LogP contribution in [0.1, 0.15) is 29.8 Å². The van der Waals surface area contributed by atoms with Gasteiger partial charge in [0, 0.05) is 11.4 Å². The van der Waals surface area contributed by atoms with Crippen molar-refractivity contribution in [2.75, 3.05) is 12.0 Å². The van der Waals surface area contributed by atoms with Crippen molar-refractivity contribution in [1.29, 1.82) is 0 Å². The van der Waals surface area contributed by atoms with Gasteiger partial charge >= 0.3 is 0 Å². The molecule has 1 aliphatic rings. The Bertz CT molecular complexity index is 746. The van der Waals surface area contributed by atoms with Crippen molar-refractivity contribution in [1.82, 2.24) is 15.6 Å². The van der Waals surface area contributed by atoms with Gasteiger partial charge in [-0.25, -0.2) is 4.98 Å². The standard InChI is InChI=1S/C18H21N3O2S/c1-24-11-10-16(17(22)19-13-7-8-13)21-18(23)15-9-6-12-4-2-3-5-14(12)20-15/h2-6,9,13,16H,7-8,10-11H2,1H3,(H,19,22)(H,21,23). The molecule has 1 aromatic carbocycles. The van der Waals surface area contributed by atoms with Crippen LogP contribution in [-0.2, 0) is 4.79 Å². The van der Waals surface area contributed by atoms with E-state index in [0.29, 0.717) is 12.1 Å². The molecule has 0 saturated heterocycles. The summed E-state index contributed by atoms with van der Waals surface area (Å²) in [6.45, 7) is 0. The first-order valence-electron chi connectivity index (χ1n) is 8.13. The summed E-state index contributed by atoms with van der Waals surface area (Å²) < 4.78 is 0. The van der Waals surface area contributed by atoms with Crippen molar-refractivity contribution in [2.24, 2.45) is 0 Å². The van der Waals surface area contributed by atoms with Gasteiger partial charge in [0.05, 0.1) is 5.52 Å². The molecule has 1 heterocycles. The molecule has 2 amide bonds. The number of para-hydroxylation sites is 1. The lowest BCUT2D eigenvalue weighted by Crippen LogP contribution is -2.47. The minimum absolute atomic E-state index is 0.0966. The fourth-order valence-corrected chi connectivity index (χ4v) is 2.93. The van der Waals surface area contributed by atoms with E-state index in [-0.39, 0.29) is 17.9 Å². The Morgan fingerprint density at radius 2 is 2.04 bits per heavy atom. The molecule has 6 heteroatoms. The molecule has 1 aliphatic carbocycles. The lowest BCUT2D eigenvalue weighted by molar-refractivity contribution is -0.123. The summed E-state index contributed by atoms with van der Waals surface area (Å²) in [5.74, 6) is 0.409. The van der Waals surface area contributed by atoms with Crippen LogP contribution < -0.4 is 10.6 Å². The van der Waals surface area contributed by atoms with Gasteiger partial charge in [-0.3, -0.25) is 9.59 Å². The van der Waals surface area contributed by atoms with Gasteiger partial charge in [0.2, 0.25) is 5.91 Å². The molecule has 126 valence electrons. The van der Waals surface area contributed by atoms with E-state index in [9.17, 15) is 9.59 Å². The summed E-state index contributed by atoms with van der Waals surface area (Å²) in [7, 11) is 0. The summed E-state index contributed by atoms with van der Waals surface area (Å²) in [4.78, 5) is 29.2. The third-order valence-electron chi connectivity index (χ3n) is 3.99. The molecule has 2 N–H and O–H groups in total. The zero-order valence-electron chi connectivity index (χ0n) is 13.6. The van der Waals surface area contributed by atoms with Gasteiger partial charge in [-0.1, -0.05) is 24.3 Å². The number of rotatable bonds is 7. The monoisotopic (exact) mass is 343 g/mol. The Kier molecular flexibility index (Phi) is 5.35. The van der Waals surface area contributed by atoms with E-state index in [2.05, 4.69) is 15.6 Å². The third-order valence-corrected chi connectivity index (χ3v) is 4.63. The molecule has 1 aromatic heterocycles. The topological polar surface area (TPSA) is 71.1 Å². The zero-order chi connectivity index (χ0) is 16.9. The average Bonchev–Trinajstić information content (AvgIpc) is 3.41. The number of carbonyl (C=O) groups is 2. The fraction of sp³-hybridized carbons (Fsp3) is 0.389. The van der Waals surface area contributed by atoms with Crippen LogP contribution in [0, 0.1) is 0 Å². The first-order valence-corrected chi connectivity index (χ1v) is 9.53. The SMILES string of the molecule is CSCCC(NC(=O)c1ccc2ccccc2n1)C(=O)NC1CC1. The van der Waals surface area contributed by atoms with Crippen LogP contribution in [0.5, 0.6) is 0 Å². The Morgan fingerprint density at radius 1 is 1.25 bits per heavy atom. The zero-order valence-corrected chi connectivity index (χ0v) is 14.4. The molecule has 24 heavy (non-hydrogen) atoms. The number of amides is 2. The Labute approximate surface area is 145 Å². The summed E-state index contributed by atoms with van der Waals surface area (Å²) in [6, 6.07) is 11.0. The quantitative estimate of drug-likeness (QED) is 0.810. The van der Waals surface area contributed by atoms with E-state index in [1.165, 1.54) is 0 Å². The molecule has 3 rings (SSSR count). The van der Waals surface area contributed by atoms with Crippen molar-refractivity contribution in [3.63, 3.8) is 0 Å². The maximum atomic E-state index is 12.5. The number of fused-ring (bicyclic) bond motifs is 1. The van der Waals surface area contributed by atoms with Crippen LogP contribution in [0.25, 0.3) is 10.9 Å². The smallest absolute Gasteiger partial charge is 0.270 e.